The van der Waals surface area contributed by atoms with E-state index in [1.807, 2.05) is 12.1 Å². The largest absolute Gasteiger partial charge is 0.478 e. The zero-order chi connectivity index (χ0) is 14.8. The molecule has 0 bridgehead atoms. The standard InChI is InChI=1S/C17H16ClNO2/c18-16-7-6-13(10-15(16)17(20)21)19-14-8-12(9-14)11-4-2-1-3-5-11/h1-7,10,12,14,19H,8-9H2,(H,20,21). The van der Waals surface area contributed by atoms with Gasteiger partial charge in [-0.25, -0.2) is 4.79 Å². The third-order valence-corrected chi connectivity index (χ3v) is 4.31. The van der Waals surface area contributed by atoms with Crippen molar-refractivity contribution in [2.75, 3.05) is 5.32 Å². The molecule has 0 amide bonds. The maximum absolute atomic E-state index is 11.1. The Morgan fingerprint density at radius 2 is 1.86 bits per heavy atom. The van der Waals surface area contributed by atoms with Gasteiger partial charge in [-0.3, -0.25) is 0 Å². The number of halogens is 1. The molecule has 1 aliphatic rings. The highest BCUT2D eigenvalue weighted by Crippen LogP contribution is 2.38. The van der Waals surface area contributed by atoms with Gasteiger partial charge in [-0.05, 0) is 42.5 Å². The molecule has 1 aliphatic carbocycles. The molecular weight excluding hydrogens is 286 g/mol. The Hall–Kier alpha value is -2.00. The van der Waals surface area contributed by atoms with E-state index in [0.29, 0.717) is 12.0 Å². The molecule has 2 aromatic rings. The summed E-state index contributed by atoms with van der Waals surface area (Å²) >= 11 is 5.87. The molecule has 1 fully saturated rings. The second kappa shape index (κ2) is 5.78. The van der Waals surface area contributed by atoms with Crippen LogP contribution < -0.4 is 5.32 Å². The third kappa shape index (κ3) is 3.03. The number of hydrogen-bond acceptors (Lipinski definition) is 2. The molecule has 3 rings (SSSR count). The van der Waals surface area contributed by atoms with Crippen molar-refractivity contribution in [1.82, 2.24) is 0 Å². The lowest BCUT2D eigenvalue weighted by Crippen LogP contribution is -2.34. The van der Waals surface area contributed by atoms with Crippen LogP contribution in [0.4, 0.5) is 5.69 Å². The van der Waals surface area contributed by atoms with Crippen LogP contribution in [-0.4, -0.2) is 17.1 Å². The van der Waals surface area contributed by atoms with Gasteiger partial charge in [0, 0.05) is 11.7 Å². The van der Waals surface area contributed by atoms with E-state index in [2.05, 4.69) is 29.6 Å². The summed E-state index contributed by atoms with van der Waals surface area (Å²) in [5, 5.41) is 12.7. The van der Waals surface area contributed by atoms with E-state index in [4.69, 9.17) is 16.7 Å². The fraction of sp³-hybridized carbons (Fsp3) is 0.235. The van der Waals surface area contributed by atoms with E-state index in [9.17, 15) is 4.79 Å². The third-order valence-electron chi connectivity index (χ3n) is 3.98. The normalized spacial score (nSPS) is 20.6. The Morgan fingerprint density at radius 3 is 2.52 bits per heavy atom. The molecule has 0 aliphatic heterocycles. The number of carboxylic acids is 1. The Labute approximate surface area is 128 Å². The lowest BCUT2D eigenvalue weighted by Gasteiger charge is -2.37. The number of hydrogen-bond donors (Lipinski definition) is 2. The monoisotopic (exact) mass is 301 g/mol. The van der Waals surface area contributed by atoms with Crippen molar-refractivity contribution in [2.45, 2.75) is 24.8 Å². The highest BCUT2D eigenvalue weighted by Gasteiger charge is 2.30. The molecule has 21 heavy (non-hydrogen) atoms. The molecule has 3 nitrogen and oxygen atoms in total. The van der Waals surface area contributed by atoms with Gasteiger partial charge in [0.15, 0.2) is 0 Å². The molecular formula is C17H16ClNO2. The number of rotatable bonds is 4. The van der Waals surface area contributed by atoms with Crippen LogP contribution in [0.3, 0.4) is 0 Å². The second-order valence-electron chi connectivity index (χ2n) is 5.42. The van der Waals surface area contributed by atoms with Gasteiger partial charge < -0.3 is 10.4 Å². The molecule has 0 unspecified atom stereocenters. The van der Waals surface area contributed by atoms with E-state index < -0.39 is 5.97 Å². The lowest BCUT2D eigenvalue weighted by molar-refractivity contribution is 0.0697. The Kier molecular flexibility index (Phi) is 3.84. The first kappa shape index (κ1) is 14.0. The van der Waals surface area contributed by atoms with Crippen LogP contribution in [0.2, 0.25) is 5.02 Å². The minimum absolute atomic E-state index is 0.139. The van der Waals surface area contributed by atoms with Crippen molar-refractivity contribution in [1.29, 1.82) is 0 Å². The fourth-order valence-electron chi connectivity index (χ4n) is 2.75. The lowest BCUT2D eigenvalue weighted by atomic mass is 9.76. The van der Waals surface area contributed by atoms with E-state index >= 15 is 0 Å². The number of nitrogens with one attached hydrogen (secondary N) is 1. The van der Waals surface area contributed by atoms with Crippen molar-refractivity contribution in [3.05, 3.63) is 64.7 Å². The predicted octanol–water partition coefficient (Wildman–Crippen LogP) is 4.40. The molecule has 0 heterocycles. The summed E-state index contributed by atoms with van der Waals surface area (Å²) in [4.78, 5) is 11.1. The van der Waals surface area contributed by atoms with Crippen molar-refractivity contribution >= 4 is 23.3 Å². The van der Waals surface area contributed by atoms with Gasteiger partial charge >= 0.3 is 5.97 Å². The van der Waals surface area contributed by atoms with Gasteiger partial charge in [-0.1, -0.05) is 41.9 Å². The SMILES string of the molecule is O=C(O)c1cc(NC2CC(c3ccccc3)C2)ccc1Cl. The molecule has 108 valence electrons. The molecule has 2 aromatic carbocycles. The minimum Gasteiger partial charge on any atom is -0.478 e. The van der Waals surface area contributed by atoms with Gasteiger partial charge in [0.2, 0.25) is 0 Å². The van der Waals surface area contributed by atoms with Crippen molar-refractivity contribution in [3.63, 3.8) is 0 Å². The van der Waals surface area contributed by atoms with Crippen LogP contribution >= 0.6 is 11.6 Å². The number of carbonyl (C=O) groups is 1. The van der Waals surface area contributed by atoms with Crippen molar-refractivity contribution in [2.24, 2.45) is 0 Å². The van der Waals surface area contributed by atoms with Crippen LogP contribution in [0, 0.1) is 0 Å². The molecule has 1 saturated carbocycles. The summed E-state index contributed by atoms with van der Waals surface area (Å²) < 4.78 is 0. The van der Waals surface area contributed by atoms with Crippen LogP contribution in [0.25, 0.3) is 0 Å². The summed E-state index contributed by atoms with van der Waals surface area (Å²) in [6, 6.07) is 15.9. The maximum atomic E-state index is 11.1. The molecule has 0 saturated heterocycles. The van der Waals surface area contributed by atoms with Crippen LogP contribution in [0.15, 0.2) is 48.5 Å². The Bertz CT molecular complexity index is 651. The van der Waals surface area contributed by atoms with E-state index in [0.717, 1.165) is 18.5 Å². The number of benzene rings is 2. The second-order valence-corrected chi connectivity index (χ2v) is 5.83. The van der Waals surface area contributed by atoms with Gasteiger partial charge in [0.05, 0.1) is 10.6 Å². The summed E-state index contributed by atoms with van der Waals surface area (Å²) in [5.74, 6) is -0.408. The molecule has 4 heteroatoms. The Balaban J connectivity index is 1.62. The summed E-state index contributed by atoms with van der Waals surface area (Å²) in [6.45, 7) is 0. The summed E-state index contributed by atoms with van der Waals surface area (Å²) in [5.41, 5.74) is 2.33. The van der Waals surface area contributed by atoms with Crippen molar-refractivity contribution in [3.8, 4) is 0 Å². The van der Waals surface area contributed by atoms with E-state index in [1.54, 1.807) is 12.1 Å². The molecule has 0 aromatic heterocycles. The average molecular weight is 302 g/mol. The van der Waals surface area contributed by atoms with E-state index in [1.165, 1.54) is 5.56 Å². The van der Waals surface area contributed by atoms with Crippen LogP contribution in [0.5, 0.6) is 0 Å². The van der Waals surface area contributed by atoms with E-state index in [-0.39, 0.29) is 10.6 Å². The summed E-state index contributed by atoms with van der Waals surface area (Å²) in [6.07, 6.45) is 2.13. The minimum atomic E-state index is -1.00. The zero-order valence-corrected chi connectivity index (χ0v) is 12.2. The first-order valence-corrected chi connectivity index (χ1v) is 7.35. The quantitative estimate of drug-likeness (QED) is 0.880. The predicted molar refractivity (Wildman–Crippen MR) is 84.2 cm³/mol. The first-order chi connectivity index (χ1) is 10.1. The van der Waals surface area contributed by atoms with Crippen LogP contribution in [0.1, 0.15) is 34.7 Å². The smallest absolute Gasteiger partial charge is 0.337 e. The highest BCUT2D eigenvalue weighted by molar-refractivity contribution is 6.33. The number of aromatic carboxylic acids is 1. The van der Waals surface area contributed by atoms with Crippen molar-refractivity contribution < 1.29 is 9.90 Å². The number of carboxylic acid groups (broad SMARTS) is 1. The zero-order valence-electron chi connectivity index (χ0n) is 11.4. The maximum Gasteiger partial charge on any atom is 0.337 e. The summed E-state index contributed by atoms with van der Waals surface area (Å²) in [7, 11) is 0. The fourth-order valence-corrected chi connectivity index (χ4v) is 2.95. The molecule has 0 atom stereocenters. The highest BCUT2D eigenvalue weighted by atomic mass is 35.5. The molecule has 2 N–H and O–H groups in total. The Morgan fingerprint density at radius 1 is 1.14 bits per heavy atom. The molecule has 0 radical (unpaired) electrons. The van der Waals surface area contributed by atoms with Crippen LogP contribution in [-0.2, 0) is 0 Å². The van der Waals surface area contributed by atoms with Gasteiger partial charge in [0.1, 0.15) is 0 Å². The van der Waals surface area contributed by atoms with Gasteiger partial charge in [-0.15, -0.1) is 0 Å². The van der Waals surface area contributed by atoms with Gasteiger partial charge in [-0.2, -0.15) is 0 Å². The average Bonchev–Trinajstić information content (AvgIpc) is 2.44. The number of anilines is 1. The topological polar surface area (TPSA) is 49.3 Å². The first-order valence-electron chi connectivity index (χ1n) is 6.98. The van der Waals surface area contributed by atoms with Gasteiger partial charge in [0.25, 0.3) is 0 Å². The molecule has 0 spiro atoms.